The Hall–Kier alpha value is -1.97. The Kier molecular flexibility index (Phi) is 4.44. The zero-order valence-electron chi connectivity index (χ0n) is 11.3. The van der Waals surface area contributed by atoms with E-state index in [-0.39, 0.29) is 0 Å². The monoisotopic (exact) mass is 262 g/mol. The molecule has 19 heavy (non-hydrogen) atoms. The lowest BCUT2D eigenvalue weighted by atomic mass is 9.92. The first kappa shape index (κ1) is 13.5. The molecule has 0 amide bonds. The molecule has 1 aliphatic rings. The molecule has 4 heteroatoms. The van der Waals surface area contributed by atoms with Crippen molar-refractivity contribution in [1.29, 1.82) is 0 Å². The fourth-order valence-electron chi connectivity index (χ4n) is 2.23. The smallest absolute Gasteiger partial charge is 0.497 e. The highest BCUT2D eigenvalue weighted by molar-refractivity contribution is 5.72. The van der Waals surface area contributed by atoms with Gasteiger partial charge in [0.1, 0.15) is 11.5 Å². The molecule has 0 aliphatic heterocycles. The number of carbonyl (C=O) groups excluding carboxylic acids is 1. The summed E-state index contributed by atoms with van der Waals surface area (Å²) in [4.78, 5) is 11.3. The molecule has 102 valence electrons. The SMILES string of the molecule is COC(=O)OC1=C(c2ccc(OC)cc2)CCCC1. The normalized spacial score (nSPS) is 15.1. The number of rotatable bonds is 3. The topological polar surface area (TPSA) is 44.8 Å². The summed E-state index contributed by atoms with van der Waals surface area (Å²) in [6.07, 6.45) is 3.18. The van der Waals surface area contributed by atoms with Crippen LogP contribution >= 0.6 is 0 Å². The van der Waals surface area contributed by atoms with Crippen LogP contribution in [0.1, 0.15) is 31.2 Å². The second-order valence-electron chi connectivity index (χ2n) is 4.39. The molecule has 0 saturated heterocycles. The van der Waals surface area contributed by atoms with Crippen LogP contribution in [0, 0.1) is 0 Å². The van der Waals surface area contributed by atoms with E-state index < -0.39 is 6.16 Å². The van der Waals surface area contributed by atoms with Crippen molar-refractivity contribution in [3.8, 4) is 5.75 Å². The number of methoxy groups -OCH3 is 2. The summed E-state index contributed by atoms with van der Waals surface area (Å²) < 4.78 is 15.0. The lowest BCUT2D eigenvalue weighted by Crippen LogP contribution is -2.09. The lowest BCUT2D eigenvalue weighted by Gasteiger charge is -2.19. The summed E-state index contributed by atoms with van der Waals surface area (Å²) in [5.74, 6) is 1.54. The molecule has 0 unspecified atom stereocenters. The average Bonchev–Trinajstić information content (AvgIpc) is 2.48. The zero-order valence-corrected chi connectivity index (χ0v) is 11.3. The van der Waals surface area contributed by atoms with Gasteiger partial charge in [0, 0.05) is 6.42 Å². The van der Waals surface area contributed by atoms with Gasteiger partial charge < -0.3 is 14.2 Å². The van der Waals surface area contributed by atoms with Crippen LogP contribution in [-0.4, -0.2) is 20.4 Å². The Morgan fingerprint density at radius 2 is 1.74 bits per heavy atom. The maximum Gasteiger partial charge on any atom is 0.513 e. The third kappa shape index (κ3) is 3.28. The molecule has 0 spiro atoms. The van der Waals surface area contributed by atoms with Gasteiger partial charge in [0.15, 0.2) is 0 Å². The fraction of sp³-hybridized carbons (Fsp3) is 0.400. The number of benzene rings is 1. The first-order chi connectivity index (χ1) is 9.24. The van der Waals surface area contributed by atoms with Crippen LogP contribution in [0.15, 0.2) is 30.0 Å². The minimum Gasteiger partial charge on any atom is -0.497 e. The number of carbonyl (C=O) groups is 1. The third-order valence-electron chi connectivity index (χ3n) is 3.23. The van der Waals surface area contributed by atoms with Gasteiger partial charge in [0.2, 0.25) is 0 Å². The molecule has 4 nitrogen and oxygen atoms in total. The Morgan fingerprint density at radius 3 is 2.37 bits per heavy atom. The van der Waals surface area contributed by atoms with E-state index in [0.717, 1.165) is 48.3 Å². The van der Waals surface area contributed by atoms with Crippen molar-refractivity contribution in [2.45, 2.75) is 25.7 Å². The Balaban J connectivity index is 2.27. The van der Waals surface area contributed by atoms with E-state index in [0.29, 0.717) is 0 Å². The Morgan fingerprint density at radius 1 is 1.05 bits per heavy atom. The van der Waals surface area contributed by atoms with E-state index in [4.69, 9.17) is 9.47 Å². The first-order valence-corrected chi connectivity index (χ1v) is 6.37. The minimum absolute atomic E-state index is 0.650. The maximum atomic E-state index is 11.3. The summed E-state index contributed by atoms with van der Waals surface area (Å²) in [6, 6.07) is 7.79. The summed E-state index contributed by atoms with van der Waals surface area (Å²) in [6.45, 7) is 0. The zero-order chi connectivity index (χ0) is 13.7. The molecule has 0 fully saturated rings. The predicted octanol–water partition coefficient (Wildman–Crippen LogP) is 3.76. The molecule has 2 rings (SSSR count). The summed E-state index contributed by atoms with van der Waals surface area (Å²) in [7, 11) is 2.96. The van der Waals surface area contributed by atoms with Crippen molar-refractivity contribution in [2.75, 3.05) is 14.2 Å². The largest absolute Gasteiger partial charge is 0.513 e. The van der Waals surface area contributed by atoms with Gasteiger partial charge in [-0.15, -0.1) is 0 Å². The minimum atomic E-state index is -0.650. The average molecular weight is 262 g/mol. The molecule has 0 radical (unpaired) electrons. The van der Waals surface area contributed by atoms with Crippen LogP contribution < -0.4 is 4.74 Å². The highest BCUT2D eigenvalue weighted by atomic mass is 16.7. The van der Waals surface area contributed by atoms with Gasteiger partial charge in [-0.1, -0.05) is 12.1 Å². The molecular formula is C15H18O4. The molecule has 1 aromatic rings. The maximum absolute atomic E-state index is 11.3. The Labute approximate surface area is 113 Å². The molecule has 0 saturated carbocycles. The van der Waals surface area contributed by atoms with Crippen LogP contribution in [0.5, 0.6) is 5.75 Å². The number of hydrogen-bond donors (Lipinski definition) is 0. The molecule has 1 aromatic carbocycles. The van der Waals surface area contributed by atoms with Crippen molar-refractivity contribution < 1.29 is 19.0 Å². The van der Waals surface area contributed by atoms with Crippen molar-refractivity contribution in [1.82, 2.24) is 0 Å². The quantitative estimate of drug-likeness (QED) is 0.778. The van der Waals surface area contributed by atoms with Gasteiger partial charge >= 0.3 is 6.16 Å². The van der Waals surface area contributed by atoms with E-state index >= 15 is 0 Å². The lowest BCUT2D eigenvalue weighted by molar-refractivity contribution is 0.0941. The van der Waals surface area contributed by atoms with Gasteiger partial charge in [-0.3, -0.25) is 0 Å². The van der Waals surface area contributed by atoms with Crippen LogP contribution in [0.3, 0.4) is 0 Å². The second kappa shape index (κ2) is 6.27. The predicted molar refractivity (Wildman–Crippen MR) is 71.9 cm³/mol. The van der Waals surface area contributed by atoms with Crippen molar-refractivity contribution >= 4 is 11.7 Å². The second-order valence-corrected chi connectivity index (χ2v) is 4.39. The number of allylic oxidation sites excluding steroid dienone is 2. The highest BCUT2D eigenvalue weighted by Crippen LogP contribution is 2.33. The van der Waals surface area contributed by atoms with E-state index in [1.165, 1.54) is 7.11 Å². The molecular weight excluding hydrogens is 244 g/mol. The molecule has 0 atom stereocenters. The number of ether oxygens (including phenoxy) is 3. The van der Waals surface area contributed by atoms with Crippen LogP contribution in [0.4, 0.5) is 4.79 Å². The molecule has 0 heterocycles. The van der Waals surface area contributed by atoms with Crippen LogP contribution in [-0.2, 0) is 9.47 Å². The highest BCUT2D eigenvalue weighted by Gasteiger charge is 2.18. The van der Waals surface area contributed by atoms with E-state index in [1.807, 2.05) is 24.3 Å². The van der Waals surface area contributed by atoms with E-state index in [9.17, 15) is 4.79 Å². The Bertz CT molecular complexity index is 473. The van der Waals surface area contributed by atoms with E-state index in [2.05, 4.69) is 4.74 Å². The summed E-state index contributed by atoms with van der Waals surface area (Å²) in [5.41, 5.74) is 2.15. The van der Waals surface area contributed by atoms with Gasteiger partial charge in [0.25, 0.3) is 0 Å². The van der Waals surface area contributed by atoms with E-state index in [1.54, 1.807) is 7.11 Å². The van der Waals surface area contributed by atoms with Gasteiger partial charge in [0.05, 0.1) is 14.2 Å². The van der Waals surface area contributed by atoms with Crippen molar-refractivity contribution in [3.63, 3.8) is 0 Å². The van der Waals surface area contributed by atoms with Gasteiger partial charge in [-0.2, -0.15) is 0 Å². The summed E-state index contributed by atoms with van der Waals surface area (Å²) in [5, 5.41) is 0. The van der Waals surface area contributed by atoms with Crippen LogP contribution in [0.25, 0.3) is 5.57 Å². The molecule has 0 aromatic heterocycles. The standard InChI is InChI=1S/C15H18O4/c1-17-12-9-7-11(8-10-12)13-5-3-4-6-14(13)19-15(16)18-2/h7-10H,3-6H2,1-2H3. The van der Waals surface area contributed by atoms with Gasteiger partial charge in [-0.05, 0) is 42.5 Å². The van der Waals surface area contributed by atoms with Crippen molar-refractivity contribution in [3.05, 3.63) is 35.6 Å². The first-order valence-electron chi connectivity index (χ1n) is 6.37. The third-order valence-corrected chi connectivity index (χ3v) is 3.23. The fourth-order valence-corrected chi connectivity index (χ4v) is 2.23. The summed E-state index contributed by atoms with van der Waals surface area (Å²) >= 11 is 0. The van der Waals surface area contributed by atoms with Crippen LogP contribution in [0.2, 0.25) is 0 Å². The van der Waals surface area contributed by atoms with Crippen molar-refractivity contribution in [2.24, 2.45) is 0 Å². The van der Waals surface area contributed by atoms with Gasteiger partial charge in [-0.25, -0.2) is 4.79 Å². The number of hydrogen-bond acceptors (Lipinski definition) is 4. The molecule has 1 aliphatic carbocycles. The molecule has 0 bridgehead atoms. The molecule has 0 N–H and O–H groups in total.